The zero-order chi connectivity index (χ0) is 23.5. The maximum atomic E-state index is 13.6. The molecule has 4 rings (SSSR count). The smallest absolute Gasteiger partial charge is 0.322 e. The van der Waals surface area contributed by atoms with Crippen molar-refractivity contribution in [1.29, 1.82) is 0 Å². The summed E-state index contributed by atoms with van der Waals surface area (Å²) in [5.41, 5.74) is 5.11. The number of para-hydroxylation sites is 1. The first-order valence-electron chi connectivity index (χ1n) is 11.4. The monoisotopic (exact) mass is 461 g/mol. The van der Waals surface area contributed by atoms with Gasteiger partial charge >= 0.3 is 6.03 Å². The molecule has 1 aliphatic heterocycles. The number of urea groups is 1. The van der Waals surface area contributed by atoms with Gasteiger partial charge in [-0.05, 0) is 67.8 Å². The van der Waals surface area contributed by atoms with E-state index in [9.17, 15) is 9.59 Å². The quantitative estimate of drug-likeness (QED) is 0.523. The molecule has 172 valence electrons. The molecule has 0 saturated carbocycles. The number of fused-ring (bicyclic) bond motifs is 1. The van der Waals surface area contributed by atoms with Gasteiger partial charge in [0.1, 0.15) is 6.54 Å². The molecule has 3 aromatic rings. The molecule has 0 saturated heterocycles. The van der Waals surface area contributed by atoms with Crippen LogP contribution in [0.5, 0.6) is 0 Å². The Morgan fingerprint density at radius 3 is 2.42 bits per heavy atom. The molecule has 33 heavy (non-hydrogen) atoms. The third-order valence-electron chi connectivity index (χ3n) is 6.30. The molecule has 2 heterocycles. The molecule has 0 spiro atoms. The van der Waals surface area contributed by atoms with E-state index in [4.69, 9.17) is 0 Å². The maximum Gasteiger partial charge on any atom is 0.322 e. The number of hydrogen-bond donors (Lipinski definition) is 1. The molecule has 0 bridgehead atoms. The van der Waals surface area contributed by atoms with Crippen LogP contribution in [0.1, 0.15) is 47.0 Å². The summed E-state index contributed by atoms with van der Waals surface area (Å²) in [7, 11) is 0. The van der Waals surface area contributed by atoms with Crippen LogP contribution < -0.4 is 5.32 Å². The molecule has 1 N–H and O–H groups in total. The minimum atomic E-state index is -0.250. The number of aryl methyl sites for hydroxylation is 2. The van der Waals surface area contributed by atoms with Crippen molar-refractivity contribution in [3.63, 3.8) is 0 Å². The first kappa shape index (κ1) is 23.1. The number of nitrogens with one attached hydrogen (secondary N) is 1. The minimum Gasteiger partial charge on any atom is -0.330 e. The highest BCUT2D eigenvalue weighted by atomic mass is 32.1. The minimum absolute atomic E-state index is 0.0361. The second-order valence-corrected chi connectivity index (χ2v) is 9.87. The molecule has 0 fully saturated rings. The Morgan fingerprint density at radius 2 is 1.76 bits per heavy atom. The predicted octanol–water partition coefficient (Wildman–Crippen LogP) is 5.78. The van der Waals surface area contributed by atoms with Crippen LogP contribution in [0.3, 0.4) is 0 Å². The van der Waals surface area contributed by atoms with E-state index in [1.807, 2.05) is 69.0 Å². The lowest BCUT2D eigenvalue weighted by Crippen LogP contribution is -2.49. The van der Waals surface area contributed by atoms with Gasteiger partial charge in [-0.25, -0.2) is 4.79 Å². The predicted molar refractivity (Wildman–Crippen MR) is 135 cm³/mol. The van der Waals surface area contributed by atoms with Crippen LogP contribution in [-0.2, 0) is 11.2 Å². The Bertz CT molecular complexity index is 1120. The van der Waals surface area contributed by atoms with E-state index < -0.39 is 0 Å². The largest absolute Gasteiger partial charge is 0.330 e. The van der Waals surface area contributed by atoms with Gasteiger partial charge in [-0.2, -0.15) is 0 Å². The molecule has 0 radical (unpaired) electrons. The van der Waals surface area contributed by atoms with Crippen molar-refractivity contribution in [2.45, 2.75) is 46.2 Å². The molecular formula is C27H31N3O2S. The molecule has 6 heteroatoms. The van der Waals surface area contributed by atoms with Gasteiger partial charge in [-0.1, -0.05) is 48.5 Å². The zero-order valence-electron chi connectivity index (χ0n) is 19.7. The molecule has 1 unspecified atom stereocenters. The molecule has 0 aliphatic carbocycles. The summed E-state index contributed by atoms with van der Waals surface area (Å²) in [6.45, 7) is 8.53. The van der Waals surface area contributed by atoms with Crippen molar-refractivity contribution in [3.05, 3.63) is 87.1 Å². The van der Waals surface area contributed by atoms with Gasteiger partial charge in [-0.15, -0.1) is 11.3 Å². The summed E-state index contributed by atoms with van der Waals surface area (Å²) >= 11 is 1.75. The lowest BCUT2D eigenvalue weighted by atomic mass is 9.93. The van der Waals surface area contributed by atoms with Crippen LogP contribution in [0.25, 0.3) is 0 Å². The highest BCUT2D eigenvalue weighted by molar-refractivity contribution is 7.10. The van der Waals surface area contributed by atoms with Gasteiger partial charge in [0.05, 0.1) is 6.04 Å². The van der Waals surface area contributed by atoms with Gasteiger partial charge in [0.15, 0.2) is 0 Å². The van der Waals surface area contributed by atoms with Crippen molar-refractivity contribution in [3.8, 4) is 0 Å². The standard InChI is InChI=1S/C27H31N3O2S/c1-18(2)30(27(32)28-25-19(3)9-8-10-20(25)4)17-24(31)29-15-13-23-22(14-16-33-23)26(29)21-11-6-5-7-12-21/h5-12,14,16,18,26H,13,15,17H2,1-4H3,(H,28,32). The summed E-state index contributed by atoms with van der Waals surface area (Å²) in [6, 6.07) is 17.7. The molecule has 2 aromatic carbocycles. The van der Waals surface area contributed by atoms with Gasteiger partial charge in [0.2, 0.25) is 5.91 Å². The summed E-state index contributed by atoms with van der Waals surface area (Å²) in [5.74, 6) is -0.0361. The fraction of sp³-hybridized carbons (Fsp3) is 0.333. The first-order valence-corrected chi connectivity index (χ1v) is 12.3. The highest BCUT2D eigenvalue weighted by Crippen LogP contribution is 2.37. The number of amides is 3. The number of rotatable bonds is 5. The highest BCUT2D eigenvalue weighted by Gasteiger charge is 2.34. The zero-order valence-corrected chi connectivity index (χ0v) is 20.5. The third-order valence-corrected chi connectivity index (χ3v) is 7.30. The van der Waals surface area contributed by atoms with Gasteiger partial charge in [-0.3, -0.25) is 4.79 Å². The number of carbonyl (C=O) groups is 2. The third kappa shape index (κ3) is 4.81. The molecule has 1 aliphatic rings. The lowest BCUT2D eigenvalue weighted by molar-refractivity contribution is -0.134. The van der Waals surface area contributed by atoms with Gasteiger partial charge in [0.25, 0.3) is 0 Å². The lowest BCUT2D eigenvalue weighted by Gasteiger charge is -2.38. The molecule has 5 nitrogen and oxygen atoms in total. The summed E-state index contributed by atoms with van der Waals surface area (Å²) in [5, 5.41) is 5.14. The van der Waals surface area contributed by atoms with Crippen molar-refractivity contribution >= 4 is 29.0 Å². The number of anilines is 1. The topological polar surface area (TPSA) is 52.7 Å². The van der Waals surface area contributed by atoms with E-state index in [0.717, 1.165) is 28.8 Å². The normalized spacial score (nSPS) is 15.3. The molecular weight excluding hydrogens is 430 g/mol. The Hall–Kier alpha value is -3.12. The van der Waals surface area contributed by atoms with Crippen molar-refractivity contribution in [2.75, 3.05) is 18.4 Å². The van der Waals surface area contributed by atoms with E-state index in [0.29, 0.717) is 6.54 Å². The number of carbonyl (C=O) groups excluding carboxylic acids is 2. The fourth-order valence-corrected chi connectivity index (χ4v) is 5.40. The van der Waals surface area contributed by atoms with Crippen molar-refractivity contribution in [2.24, 2.45) is 0 Å². The van der Waals surface area contributed by atoms with Crippen molar-refractivity contribution in [1.82, 2.24) is 9.80 Å². The maximum absolute atomic E-state index is 13.6. The van der Waals surface area contributed by atoms with Gasteiger partial charge in [0, 0.05) is 23.2 Å². The summed E-state index contributed by atoms with van der Waals surface area (Å²) in [6.07, 6.45) is 0.846. The van der Waals surface area contributed by atoms with E-state index in [-0.39, 0.29) is 30.6 Å². The molecule has 1 atom stereocenters. The average molecular weight is 462 g/mol. The number of nitrogens with zero attached hydrogens (tertiary/aromatic N) is 2. The van der Waals surface area contributed by atoms with E-state index in [1.54, 1.807) is 16.2 Å². The van der Waals surface area contributed by atoms with Gasteiger partial charge < -0.3 is 15.1 Å². The van der Waals surface area contributed by atoms with E-state index in [2.05, 4.69) is 28.9 Å². The second-order valence-electron chi connectivity index (χ2n) is 8.87. The van der Waals surface area contributed by atoms with Crippen LogP contribution in [-0.4, -0.2) is 40.9 Å². The van der Waals surface area contributed by atoms with Crippen LogP contribution in [0.2, 0.25) is 0 Å². The van der Waals surface area contributed by atoms with E-state index in [1.165, 1.54) is 10.4 Å². The number of thiophene rings is 1. The van der Waals surface area contributed by atoms with Crippen LogP contribution in [0.4, 0.5) is 10.5 Å². The van der Waals surface area contributed by atoms with Crippen LogP contribution in [0.15, 0.2) is 60.0 Å². The fourth-order valence-electron chi connectivity index (χ4n) is 4.50. The summed E-state index contributed by atoms with van der Waals surface area (Å²) < 4.78 is 0. The van der Waals surface area contributed by atoms with Crippen molar-refractivity contribution < 1.29 is 9.59 Å². The molecule has 1 aromatic heterocycles. The Kier molecular flexibility index (Phi) is 6.84. The average Bonchev–Trinajstić information content (AvgIpc) is 3.28. The Balaban J connectivity index is 1.57. The van der Waals surface area contributed by atoms with Crippen LogP contribution in [0, 0.1) is 13.8 Å². The van der Waals surface area contributed by atoms with E-state index >= 15 is 0 Å². The van der Waals surface area contributed by atoms with Crippen LogP contribution >= 0.6 is 11.3 Å². The second kappa shape index (κ2) is 9.79. The number of hydrogen-bond acceptors (Lipinski definition) is 3. The Morgan fingerprint density at radius 1 is 1.06 bits per heavy atom. The summed E-state index contributed by atoms with van der Waals surface area (Å²) in [4.78, 5) is 31.8. The SMILES string of the molecule is Cc1cccc(C)c1NC(=O)N(CC(=O)N1CCc2sccc2C1c1ccccc1)C(C)C. The number of benzene rings is 2. The molecule has 3 amide bonds. The Labute approximate surface area is 200 Å². The first-order chi connectivity index (χ1) is 15.9.